The van der Waals surface area contributed by atoms with Crippen LogP contribution in [0.25, 0.3) is 0 Å². The molecule has 2 atom stereocenters. The van der Waals surface area contributed by atoms with Crippen molar-refractivity contribution in [1.29, 1.82) is 0 Å². The van der Waals surface area contributed by atoms with Gasteiger partial charge in [-0.1, -0.05) is 71.7 Å². The van der Waals surface area contributed by atoms with E-state index in [2.05, 4.69) is 4.90 Å². The normalized spacial score (nSPS) is 16.4. The first-order valence-electron chi connectivity index (χ1n) is 12.2. The Balaban J connectivity index is 1.67. The zero-order valence-electron chi connectivity index (χ0n) is 20.6. The number of halogens is 2. The second kappa shape index (κ2) is 12.6. The first-order chi connectivity index (χ1) is 17.8. The van der Waals surface area contributed by atoms with Gasteiger partial charge in [0.15, 0.2) is 0 Å². The summed E-state index contributed by atoms with van der Waals surface area (Å²) in [6, 6.07) is 22.0. The molecule has 0 aromatic heterocycles. The van der Waals surface area contributed by atoms with Crippen molar-refractivity contribution in [3.8, 4) is 0 Å². The lowest BCUT2D eigenvalue weighted by molar-refractivity contribution is -0.134. The van der Waals surface area contributed by atoms with Gasteiger partial charge in [-0.25, -0.2) is 4.79 Å². The molecule has 4 rings (SSSR count). The maximum Gasteiger partial charge on any atom is 0.337 e. The highest BCUT2D eigenvalue weighted by molar-refractivity contribution is 6.42. The highest BCUT2D eigenvalue weighted by Gasteiger charge is 2.30. The molecule has 0 bridgehead atoms. The van der Waals surface area contributed by atoms with Crippen LogP contribution in [0.3, 0.4) is 0 Å². The lowest BCUT2D eigenvalue weighted by Gasteiger charge is -2.35. The number of likely N-dealkylation sites (tertiary alicyclic amines) is 1. The van der Waals surface area contributed by atoms with E-state index in [1.54, 1.807) is 24.3 Å². The first kappa shape index (κ1) is 27.1. The molecule has 1 aliphatic rings. The van der Waals surface area contributed by atoms with Gasteiger partial charge in [-0.05, 0) is 47.4 Å². The highest BCUT2D eigenvalue weighted by Crippen LogP contribution is 2.28. The summed E-state index contributed by atoms with van der Waals surface area (Å²) in [6.45, 7) is 2.28. The van der Waals surface area contributed by atoms with E-state index in [1.807, 2.05) is 53.4 Å². The number of aliphatic hydroxyl groups excluding tert-OH is 1. The number of carbonyl (C=O) groups is 2. The molecule has 0 spiro atoms. The molecule has 1 heterocycles. The summed E-state index contributed by atoms with van der Waals surface area (Å²) in [5, 5.41) is 11.0. The number of β-amino-alcohol motifs (C(OH)–C–C–N with tert-alkyl or cyclic N) is 1. The van der Waals surface area contributed by atoms with Crippen molar-refractivity contribution >= 4 is 35.1 Å². The van der Waals surface area contributed by atoms with Gasteiger partial charge in [0, 0.05) is 26.2 Å². The monoisotopic (exact) mass is 540 g/mol. The van der Waals surface area contributed by atoms with Crippen molar-refractivity contribution in [2.45, 2.75) is 31.5 Å². The standard InChI is InChI=1S/C29H30Cl2N2O4/c1-37-29(36)23-10-7-20(8-11-23)17-33(28(35)16-21-9-12-25(30)26(31)15-21)27(22-5-3-2-4-6-22)19-32-14-13-24(34)18-32/h2-12,15,24,27,34H,13-14,16-19H2,1H3. The summed E-state index contributed by atoms with van der Waals surface area (Å²) in [6.07, 6.45) is 0.513. The average Bonchev–Trinajstić information content (AvgIpc) is 3.33. The number of hydrogen-bond acceptors (Lipinski definition) is 5. The molecule has 8 heteroatoms. The van der Waals surface area contributed by atoms with Crippen LogP contribution in [0.5, 0.6) is 0 Å². The smallest absolute Gasteiger partial charge is 0.337 e. The third-order valence-electron chi connectivity index (χ3n) is 6.63. The van der Waals surface area contributed by atoms with Crippen LogP contribution in [0.2, 0.25) is 10.0 Å². The van der Waals surface area contributed by atoms with Gasteiger partial charge in [0.2, 0.25) is 5.91 Å². The predicted molar refractivity (Wildman–Crippen MR) is 145 cm³/mol. The van der Waals surface area contributed by atoms with Crippen molar-refractivity contribution in [3.05, 3.63) is 105 Å². The average molecular weight is 541 g/mol. The van der Waals surface area contributed by atoms with Crippen LogP contribution >= 0.6 is 23.2 Å². The fourth-order valence-corrected chi connectivity index (χ4v) is 4.96. The van der Waals surface area contributed by atoms with E-state index in [0.717, 1.165) is 23.2 Å². The Kier molecular flexibility index (Phi) is 9.22. The molecule has 3 aromatic carbocycles. The Morgan fingerprint density at radius 1 is 1.03 bits per heavy atom. The molecule has 1 amide bonds. The van der Waals surface area contributed by atoms with E-state index in [1.165, 1.54) is 7.11 Å². The minimum absolute atomic E-state index is 0.0657. The molecule has 1 aliphatic heterocycles. The summed E-state index contributed by atoms with van der Waals surface area (Å²) < 4.78 is 4.81. The zero-order valence-corrected chi connectivity index (χ0v) is 22.2. The van der Waals surface area contributed by atoms with Gasteiger partial charge in [-0.3, -0.25) is 9.69 Å². The minimum Gasteiger partial charge on any atom is -0.465 e. The predicted octanol–water partition coefficient (Wildman–Crippen LogP) is 5.16. The maximum absolute atomic E-state index is 13.9. The summed E-state index contributed by atoms with van der Waals surface area (Å²) in [5.74, 6) is -0.474. The van der Waals surface area contributed by atoms with Crippen molar-refractivity contribution in [3.63, 3.8) is 0 Å². The van der Waals surface area contributed by atoms with E-state index in [0.29, 0.717) is 41.7 Å². The third-order valence-corrected chi connectivity index (χ3v) is 7.37. The number of ether oxygens (including phenoxy) is 1. The Morgan fingerprint density at radius 3 is 2.35 bits per heavy atom. The van der Waals surface area contributed by atoms with Crippen LogP contribution in [0, 0.1) is 0 Å². The topological polar surface area (TPSA) is 70.1 Å². The molecule has 1 saturated heterocycles. The van der Waals surface area contributed by atoms with Crippen LogP contribution in [0.15, 0.2) is 72.8 Å². The van der Waals surface area contributed by atoms with Crippen LogP contribution in [-0.2, 0) is 22.5 Å². The van der Waals surface area contributed by atoms with Crippen LogP contribution < -0.4 is 0 Å². The SMILES string of the molecule is COC(=O)c1ccc(CN(C(=O)Cc2ccc(Cl)c(Cl)c2)C(CN2CCC(O)C2)c2ccccc2)cc1. The van der Waals surface area contributed by atoms with Gasteiger partial charge < -0.3 is 14.7 Å². The molecular formula is C29H30Cl2N2O4. The van der Waals surface area contributed by atoms with Gasteiger partial charge in [0.25, 0.3) is 0 Å². The summed E-state index contributed by atoms with van der Waals surface area (Å²) in [7, 11) is 1.35. The van der Waals surface area contributed by atoms with Crippen LogP contribution in [0.1, 0.15) is 39.5 Å². The lowest BCUT2D eigenvalue weighted by Crippen LogP contribution is -2.41. The zero-order chi connectivity index (χ0) is 26.4. The van der Waals surface area contributed by atoms with Gasteiger partial charge in [0.05, 0.1) is 41.3 Å². The number of benzene rings is 3. The highest BCUT2D eigenvalue weighted by atomic mass is 35.5. The fourth-order valence-electron chi connectivity index (χ4n) is 4.64. The molecule has 2 unspecified atom stereocenters. The molecule has 37 heavy (non-hydrogen) atoms. The molecule has 1 fully saturated rings. The maximum atomic E-state index is 13.9. The number of aliphatic hydroxyl groups is 1. The number of esters is 1. The third kappa shape index (κ3) is 7.11. The molecule has 0 radical (unpaired) electrons. The summed E-state index contributed by atoms with van der Waals surface area (Å²) in [5.41, 5.74) is 3.12. The Labute approximate surface area is 227 Å². The number of methoxy groups -OCH3 is 1. The summed E-state index contributed by atoms with van der Waals surface area (Å²) >= 11 is 12.3. The number of hydrogen-bond donors (Lipinski definition) is 1. The quantitative estimate of drug-likeness (QED) is 0.379. The van der Waals surface area contributed by atoms with E-state index in [9.17, 15) is 14.7 Å². The molecular weight excluding hydrogens is 511 g/mol. The van der Waals surface area contributed by atoms with Gasteiger partial charge in [-0.15, -0.1) is 0 Å². The van der Waals surface area contributed by atoms with Gasteiger partial charge in [-0.2, -0.15) is 0 Å². The first-order valence-corrected chi connectivity index (χ1v) is 13.0. The molecule has 1 N–H and O–H groups in total. The van der Waals surface area contributed by atoms with Crippen molar-refractivity contribution in [1.82, 2.24) is 9.80 Å². The largest absolute Gasteiger partial charge is 0.465 e. The van der Waals surface area contributed by atoms with E-state index >= 15 is 0 Å². The molecule has 194 valence electrons. The van der Waals surface area contributed by atoms with Gasteiger partial charge in [0.1, 0.15) is 0 Å². The van der Waals surface area contributed by atoms with E-state index in [4.69, 9.17) is 27.9 Å². The number of nitrogens with zero attached hydrogens (tertiary/aromatic N) is 2. The summed E-state index contributed by atoms with van der Waals surface area (Å²) in [4.78, 5) is 29.9. The second-order valence-corrected chi connectivity index (χ2v) is 10.1. The Hall–Kier alpha value is -2.90. The van der Waals surface area contributed by atoms with E-state index < -0.39 is 5.97 Å². The number of rotatable bonds is 9. The van der Waals surface area contributed by atoms with Crippen molar-refractivity contribution < 1.29 is 19.4 Å². The lowest BCUT2D eigenvalue weighted by atomic mass is 10.0. The van der Waals surface area contributed by atoms with Crippen LogP contribution in [-0.4, -0.2) is 59.6 Å². The number of carbonyl (C=O) groups excluding carboxylic acids is 2. The van der Waals surface area contributed by atoms with Crippen molar-refractivity contribution in [2.75, 3.05) is 26.7 Å². The molecule has 0 saturated carbocycles. The molecule has 6 nitrogen and oxygen atoms in total. The Bertz CT molecular complexity index is 1220. The molecule has 0 aliphatic carbocycles. The number of amides is 1. The Morgan fingerprint density at radius 2 is 1.73 bits per heavy atom. The molecule has 3 aromatic rings. The van der Waals surface area contributed by atoms with Crippen molar-refractivity contribution in [2.24, 2.45) is 0 Å². The van der Waals surface area contributed by atoms with E-state index in [-0.39, 0.29) is 24.5 Å². The second-order valence-electron chi connectivity index (χ2n) is 9.26. The van der Waals surface area contributed by atoms with Gasteiger partial charge >= 0.3 is 5.97 Å². The fraction of sp³-hybridized carbons (Fsp3) is 0.310. The van der Waals surface area contributed by atoms with Crippen LogP contribution in [0.4, 0.5) is 0 Å². The minimum atomic E-state index is -0.408.